The van der Waals surface area contributed by atoms with E-state index >= 15 is 0 Å². The van der Waals surface area contributed by atoms with Gasteiger partial charge in [-0.1, -0.05) is 11.6 Å². The third-order valence-corrected chi connectivity index (χ3v) is 4.32. The van der Waals surface area contributed by atoms with Crippen molar-refractivity contribution in [2.45, 2.75) is 18.9 Å². The lowest BCUT2D eigenvalue weighted by atomic mass is 10.1. The number of carbonyl (C=O) groups is 1. The van der Waals surface area contributed by atoms with Crippen LogP contribution in [0.5, 0.6) is 0 Å². The largest absolute Gasteiger partial charge is 0.376 e. The third kappa shape index (κ3) is 4.95. The Morgan fingerprint density at radius 3 is 3.04 bits per heavy atom. The number of halogens is 2. The maximum absolute atomic E-state index is 13.3. The fourth-order valence-corrected chi connectivity index (χ4v) is 3.15. The minimum absolute atomic E-state index is 0.0564. The summed E-state index contributed by atoms with van der Waals surface area (Å²) in [6, 6.07) is 5.93. The van der Waals surface area contributed by atoms with Gasteiger partial charge in [0, 0.05) is 36.0 Å². The van der Waals surface area contributed by atoms with Crippen molar-refractivity contribution in [2.75, 3.05) is 36.0 Å². The van der Waals surface area contributed by atoms with E-state index in [1.807, 2.05) is 0 Å². The zero-order valence-electron chi connectivity index (χ0n) is 14.1. The number of nitrogen functional groups attached to an aromatic ring is 1. The molecule has 9 heteroatoms. The predicted octanol–water partition coefficient (Wildman–Crippen LogP) is 2.37. The Hall–Kier alpha value is -2.61. The highest BCUT2D eigenvalue weighted by Crippen LogP contribution is 2.19. The van der Waals surface area contributed by atoms with E-state index in [9.17, 15) is 9.18 Å². The van der Waals surface area contributed by atoms with Gasteiger partial charge in [0.15, 0.2) is 0 Å². The maximum Gasteiger partial charge on any atom is 0.241 e. The highest BCUT2D eigenvalue weighted by molar-refractivity contribution is 6.30. The van der Waals surface area contributed by atoms with Crippen LogP contribution in [0.1, 0.15) is 12.8 Å². The van der Waals surface area contributed by atoms with E-state index in [2.05, 4.69) is 20.6 Å². The standard InChI is InChI=1S/C17H20ClFN6O/c18-11-6-12(19)8-14(7-11)22-9-16(26)25-5-1-2-13(10-25)23-15-3-4-21-17(20)24-15/h3-4,6-8,13,22H,1-2,5,9-10H2,(H3,20,21,23,24)/t13-/m0/s1. The molecule has 0 unspecified atom stereocenters. The van der Waals surface area contributed by atoms with Gasteiger partial charge in [-0.2, -0.15) is 4.98 Å². The molecular weight excluding hydrogens is 359 g/mol. The molecule has 0 bridgehead atoms. The molecule has 2 aromatic rings. The van der Waals surface area contributed by atoms with Crippen LogP contribution < -0.4 is 16.4 Å². The van der Waals surface area contributed by atoms with Gasteiger partial charge in [0.25, 0.3) is 0 Å². The minimum atomic E-state index is -0.446. The molecule has 1 aromatic carbocycles. The van der Waals surface area contributed by atoms with Gasteiger partial charge in [-0.05, 0) is 37.1 Å². The molecule has 1 atom stereocenters. The summed E-state index contributed by atoms with van der Waals surface area (Å²) in [6.45, 7) is 1.33. The van der Waals surface area contributed by atoms with Crippen LogP contribution in [0.15, 0.2) is 30.5 Å². The molecule has 0 aliphatic carbocycles. The lowest BCUT2D eigenvalue weighted by molar-refractivity contribution is -0.130. The second-order valence-electron chi connectivity index (χ2n) is 6.14. The molecule has 1 aromatic heterocycles. The number of carbonyl (C=O) groups excluding carboxylic acids is 1. The topological polar surface area (TPSA) is 96.2 Å². The first-order valence-electron chi connectivity index (χ1n) is 8.32. The number of nitrogens with zero attached hydrogens (tertiary/aromatic N) is 3. The fraction of sp³-hybridized carbons (Fsp3) is 0.353. The summed E-state index contributed by atoms with van der Waals surface area (Å²) in [4.78, 5) is 22.2. The molecule has 26 heavy (non-hydrogen) atoms. The van der Waals surface area contributed by atoms with Crippen LogP contribution in [0, 0.1) is 5.82 Å². The number of piperidine rings is 1. The highest BCUT2D eigenvalue weighted by atomic mass is 35.5. The van der Waals surface area contributed by atoms with Crippen molar-refractivity contribution in [3.63, 3.8) is 0 Å². The van der Waals surface area contributed by atoms with Crippen molar-refractivity contribution in [2.24, 2.45) is 0 Å². The molecule has 1 amide bonds. The smallest absolute Gasteiger partial charge is 0.241 e. The van der Waals surface area contributed by atoms with Crippen molar-refractivity contribution in [3.05, 3.63) is 41.3 Å². The molecule has 138 valence electrons. The van der Waals surface area contributed by atoms with Crippen LogP contribution >= 0.6 is 11.6 Å². The first-order chi connectivity index (χ1) is 12.5. The minimum Gasteiger partial charge on any atom is -0.376 e. The summed E-state index contributed by atoms with van der Waals surface area (Å²) in [6.07, 6.45) is 3.40. The number of nitrogens with two attached hydrogens (primary N) is 1. The van der Waals surface area contributed by atoms with Gasteiger partial charge in [-0.25, -0.2) is 9.37 Å². The van der Waals surface area contributed by atoms with Gasteiger partial charge < -0.3 is 21.3 Å². The predicted molar refractivity (Wildman–Crippen MR) is 99.6 cm³/mol. The van der Waals surface area contributed by atoms with Gasteiger partial charge in [0.2, 0.25) is 11.9 Å². The number of amides is 1. The van der Waals surface area contributed by atoms with Crippen LogP contribution in [-0.2, 0) is 4.79 Å². The average molecular weight is 379 g/mol. The van der Waals surface area contributed by atoms with Crippen LogP contribution in [-0.4, -0.2) is 46.5 Å². The van der Waals surface area contributed by atoms with Gasteiger partial charge in [0.05, 0.1) is 6.54 Å². The quantitative estimate of drug-likeness (QED) is 0.739. The van der Waals surface area contributed by atoms with Crippen LogP contribution in [0.2, 0.25) is 5.02 Å². The van der Waals surface area contributed by atoms with Gasteiger partial charge in [0.1, 0.15) is 11.6 Å². The average Bonchev–Trinajstić information content (AvgIpc) is 2.59. The molecule has 1 fully saturated rings. The Morgan fingerprint density at radius 1 is 1.42 bits per heavy atom. The molecule has 1 aliphatic rings. The maximum atomic E-state index is 13.3. The zero-order chi connectivity index (χ0) is 18.5. The van der Waals surface area contributed by atoms with E-state index in [4.69, 9.17) is 17.3 Å². The van der Waals surface area contributed by atoms with Crippen molar-refractivity contribution in [3.8, 4) is 0 Å². The normalized spacial score (nSPS) is 17.0. The second-order valence-corrected chi connectivity index (χ2v) is 6.57. The number of hydrogen-bond acceptors (Lipinski definition) is 6. The van der Waals surface area contributed by atoms with Crippen LogP contribution in [0.25, 0.3) is 0 Å². The van der Waals surface area contributed by atoms with E-state index in [-0.39, 0.29) is 29.5 Å². The SMILES string of the molecule is Nc1nccc(N[C@H]2CCCN(C(=O)CNc3cc(F)cc(Cl)c3)C2)n1. The molecule has 0 saturated carbocycles. The molecule has 7 nitrogen and oxygen atoms in total. The molecular formula is C17H20ClFN6O. The number of nitrogens with one attached hydrogen (secondary N) is 2. The lowest BCUT2D eigenvalue weighted by Crippen LogP contribution is -2.47. The lowest BCUT2D eigenvalue weighted by Gasteiger charge is -2.33. The molecule has 2 heterocycles. The first kappa shape index (κ1) is 18.2. The molecule has 4 N–H and O–H groups in total. The van der Waals surface area contributed by atoms with Gasteiger partial charge in [-0.15, -0.1) is 0 Å². The van der Waals surface area contributed by atoms with E-state index in [1.54, 1.807) is 23.2 Å². The van der Waals surface area contributed by atoms with E-state index in [0.717, 1.165) is 12.8 Å². The zero-order valence-corrected chi connectivity index (χ0v) is 14.8. The first-order valence-corrected chi connectivity index (χ1v) is 8.70. The Bertz CT molecular complexity index is 769. The molecule has 3 rings (SSSR count). The summed E-state index contributed by atoms with van der Waals surface area (Å²) in [5.74, 6) is 0.346. The molecule has 0 radical (unpaired) electrons. The Balaban J connectivity index is 1.54. The molecule has 0 spiro atoms. The van der Waals surface area contributed by atoms with Gasteiger partial charge in [-0.3, -0.25) is 4.79 Å². The molecule has 1 aliphatic heterocycles. The number of rotatable bonds is 5. The van der Waals surface area contributed by atoms with Crippen molar-refractivity contribution < 1.29 is 9.18 Å². The Morgan fingerprint density at radius 2 is 2.27 bits per heavy atom. The summed E-state index contributed by atoms with van der Waals surface area (Å²) in [7, 11) is 0. The Labute approximate surface area is 155 Å². The fourth-order valence-electron chi connectivity index (χ4n) is 2.93. The third-order valence-electron chi connectivity index (χ3n) is 4.11. The highest BCUT2D eigenvalue weighted by Gasteiger charge is 2.23. The number of aromatic nitrogens is 2. The van der Waals surface area contributed by atoms with Crippen molar-refractivity contribution in [1.29, 1.82) is 0 Å². The van der Waals surface area contributed by atoms with Gasteiger partial charge >= 0.3 is 0 Å². The summed E-state index contributed by atoms with van der Waals surface area (Å²) in [5.41, 5.74) is 6.06. The van der Waals surface area contributed by atoms with E-state index < -0.39 is 5.82 Å². The van der Waals surface area contributed by atoms with E-state index in [0.29, 0.717) is 24.6 Å². The number of hydrogen-bond donors (Lipinski definition) is 3. The summed E-state index contributed by atoms with van der Waals surface area (Å²) >= 11 is 5.82. The van der Waals surface area contributed by atoms with Crippen molar-refractivity contribution >= 4 is 35.0 Å². The second kappa shape index (κ2) is 8.18. The van der Waals surface area contributed by atoms with E-state index in [1.165, 1.54) is 12.1 Å². The van der Waals surface area contributed by atoms with Crippen LogP contribution in [0.4, 0.5) is 21.8 Å². The summed E-state index contributed by atoms with van der Waals surface area (Å²) < 4.78 is 13.3. The Kier molecular flexibility index (Phi) is 5.72. The number of anilines is 3. The molecule has 1 saturated heterocycles. The summed E-state index contributed by atoms with van der Waals surface area (Å²) in [5, 5.41) is 6.49. The number of benzene rings is 1. The van der Waals surface area contributed by atoms with Crippen molar-refractivity contribution in [1.82, 2.24) is 14.9 Å². The monoisotopic (exact) mass is 378 g/mol. The number of likely N-dealkylation sites (tertiary alicyclic amines) is 1. The van der Waals surface area contributed by atoms with Crippen LogP contribution in [0.3, 0.4) is 0 Å².